The van der Waals surface area contributed by atoms with Crippen molar-refractivity contribution in [1.29, 1.82) is 5.26 Å². The third kappa shape index (κ3) is 2.93. The molecule has 0 aromatic carbocycles. The zero-order chi connectivity index (χ0) is 12.1. The van der Waals surface area contributed by atoms with E-state index in [0.717, 1.165) is 16.9 Å². The summed E-state index contributed by atoms with van der Waals surface area (Å²) in [6, 6.07) is 4.10. The first-order valence-corrected chi connectivity index (χ1v) is 6.48. The van der Waals surface area contributed by atoms with Gasteiger partial charge in [-0.3, -0.25) is 4.79 Å². The third-order valence-corrected chi connectivity index (χ3v) is 3.50. The Morgan fingerprint density at radius 2 is 2.25 bits per heavy atom. The molecular weight excluding hydrogens is 218 g/mol. The zero-order valence-electron chi connectivity index (χ0n) is 9.99. The van der Waals surface area contributed by atoms with E-state index in [4.69, 9.17) is 5.26 Å². The number of thiophene rings is 1. The Morgan fingerprint density at radius 3 is 2.75 bits per heavy atom. The number of rotatable bonds is 5. The van der Waals surface area contributed by atoms with Gasteiger partial charge < -0.3 is 0 Å². The molecule has 0 amide bonds. The summed E-state index contributed by atoms with van der Waals surface area (Å²) in [7, 11) is 0. The molecule has 3 heteroatoms. The molecule has 1 aromatic heterocycles. The van der Waals surface area contributed by atoms with E-state index in [2.05, 4.69) is 6.07 Å². The molecule has 0 fully saturated rings. The van der Waals surface area contributed by atoms with Crippen LogP contribution in [0.2, 0.25) is 0 Å². The molecule has 2 nitrogen and oxygen atoms in total. The average molecular weight is 235 g/mol. The van der Waals surface area contributed by atoms with Crippen molar-refractivity contribution in [2.45, 2.75) is 33.6 Å². The highest BCUT2D eigenvalue weighted by Gasteiger charge is 2.23. The maximum atomic E-state index is 12.1. The third-order valence-electron chi connectivity index (χ3n) is 2.53. The highest BCUT2D eigenvalue weighted by molar-refractivity contribution is 7.12. The molecule has 0 N–H and O–H groups in total. The van der Waals surface area contributed by atoms with Crippen LogP contribution in [0.1, 0.15) is 42.4 Å². The molecule has 0 saturated carbocycles. The number of aryl methyl sites for hydroxylation is 1. The Kier molecular flexibility index (Phi) is 4.70. The summed E-state index contributed by atoms with van der Waals surface area (Å²) < 4.78 is 0. The molecule has 1 atom stereocenters. The second-order valence-corrected chi connectivity index (χ2v) is 5.22. The van der Waals surface area contributed by atoms with Crippen molar-refractivity contribution in [2.24, 2.45) is 11.8 Å². The lowest BCUT2D eigenvalue weighted by molar-refractivity contribution is 0.0940. The summed E-state index contributed by atoms with van der Waals surface area (Å²) in [5, 5.41) is 11.0. The monoisotopic (exact) mass is 235 g/mol. The molecular formula is C13H17NOS. The Bertz CT molecular complexity index is 400. The molecule has 0 aliphatic rings. The standard InChI is InChI=1S/C13H17NOS/c1-4-10-5-6-16-13(10)12(15)11(8-14)7-9(2)3/h5-6,9,11H,4,7H2,1-3H3. The van der Waals surface area contributed by atoms with Gasteiger partial charge in [0.2, 0.25) is 0 Å². The van der Waals surface area contributed by atoms with Crippen LogP contribution < -0.4 is 0 Å². The topological polar surface area (TPSA) is 40.9 Å². The minimum atomic E-state index is -0.482. The number of Topliss-reactive ketones (excluding diaryl/α,β-unsaturated/α-hetero) is 1. The van der Waals surface area contributed by atoms with Gasteiger partial charge in [-0.1, -0.05) is 20.8 Å². The highest BCUT2D eigenvalue weighted by atomic mass is 32.1. The van der Waals surface area contributed by atoms with Crippen molar-refractivity contribution in [1.82, 2.24) is 0 Å². The van der Waals surface area contributed by atoms with Crippen LogP contribution in [0.15, 0.2) is 11.4 Å². The summed E-state index contributed by atoms with van der Waals surface area (Å²) in [5.74, 6) is -0.106. The number of nitrogens with zero attached hydrogens (tertiary/aromatic N) is 1. The van der Waals surface area contributed by atoms with Crippen LogP contribution in [0.25, 0.3) is 0 Å². The summed E-state index contributed by atoms with van der Waals surface area (Å²) in [6.07, 6.45) is 1.50. The minimum Gasteiger partial charge on any atom is -0.292 e. The zero-order valence-corrected chi connectivity index (χ0v) is 10.8. The van der Waals surface area contributed by atoms with Crippen LogP contribution in [-0.2, 0) is 6.42 Å². The average Bonchev–Trinajstić information content (AvgIpc) is 2.72. The summed E-state index contributed by atoms with van der Waals surface area (Å²) in [5.41, 5.74) is 1.07. The van der Waals surface area contributed by atoms with E-state index in [-0.39, 0.29) is 5.78 Å². The molecule has 16 heavy (non-hydrogen) atoms. The van der Waals surface area contributed by atoms with Crippen LogP contribution in [0.5, 0.6) is 0 Å². The lowest BCUT2D eigenvalue weighted by Crippen LogP contribution is -2.15. The van der Waals surface area contributed by atoms with Gasteiger partial charge in [0.05, 0.1) is 10.9 Å². The first-order chi connectivity index (χ1) is 7.60. The smallest absolute Gasteiger partial charge is 0.190 e. The van der Waals surface area contributed by atoms with Crippen molar-refractivity contribution in [3.63, 3.8) is 0 Å². The summed E-state index contributed by atoms with van der Waals surface area (Å²) in [6.45, 7) is 6.10. The Hall–Kier alpha value is -1.14. The maximum Gasteiger partial charge on any atom is 0.190 e. The van der Waals surface area contributed by atoms with Gasteiger partial charge in [-0.15, -0.1) is 11.3 Å². The van der Waals surface area contributed by atoms with Gasteiger partial charge in [-0.05, 0) is 35.8 Å². The van der Waals surface area contributed by atoms with Crippen LogP contribution in [0, 0.1) is 23.2 Å². The molecule has 0 bridgehead atoms. The fourth-order valence-electron chi connectivity index (χ4n) is 1.68. The lowest BCUT2D eigenvalue weighted by Gasteiger charge is -2.10. The van der Waals surface area contributed by atoms with E-state index < -0.39 is 5.92 Å². The van der Waals surface area contributed by atoms with Gasteiger partial charge in [-0.2, -0.15) is 5.26 Å². The Labute approximate surface area is 101 Å². The fraction of sp³-hybridized carbons (Fsp3) is 0.538. The number of ketones is 1. The van der Waals surface area contributed by atoms with Crippen molar-refractivity contribution < 1.29 is 4.79 Å². The molecule has 0 spiro atoms. The quantitative estimate of drug-likeness (QED) is 0.730. The maximum absolute atomic E-state index is 12.1. The second-order valence-electron chi connectivity index (χ2n) is 4.30. The van der Waals surface area contributed by atoms with Gasteiger partial charge in [0.1, 0.15) is 5.92 Å². The molecule has 86 valence electrons. The lowest BCUT2D eigenvalue weighted by atomic mass is 9.92. The first kappa shape index (κ1) is 12.9. The highest BCUT2D eigenvalue weighted by Crippen LogP contribution is 2.24. The Balaban J connectivity index is 2.88. The molecule has 1 unspecified atom stereocenters. The Morgan fingerprint density at radius 1 is 1.56 bits per heavy atom. The first-order valence-electron chi connectivity index (χ1n) is 5.60. The van der Waals surface area contributed by atoms with Gasteiger partial charge in [0.25, 0.3) is 0 Å². The van der Waals surface area contributed by atoms with Crippen molar-refractivity contribution in [3.05, 3.63) is 21.9 Å². The number of carbonyl (C=O) groups is 1. The SMILES string of the molecule is CCc1ccsc1C(=O)C(C#N)CC(C)C. The van der Waals surface area contributed by atoms with Crippen LogP contribution >= 0.6 is 11.3 Å². The minimum absolute atomic E-state index is 0.00282. The molecule has 1 aromatic rings. The molecule has 0 aliphatic heterocycles. The van der Waals surface area contributed by atoms with Crippen molar-refractivity contribution >= 4 is 17.1 Å². The number of carbonyl (C=O) groups excluding carboxylic acids is 1. The normalized spacial score (nSPS) is 12.4. The summed E-state index contributed by atoms with van der Waals surface area (Å²) >= 11 is 1.45. The van der Waals surface area contributed by atoms with Gasteiger partial charge in [0.15, 0.2) is 5.78 Å². The van der Waals surface area contributed by atoms with Crippen LogP contribution in [-0.4, -0.2) is 5.78 Å². The fourth-order valence-corrected chi connectivity index (χ4v) is 2.67. The predicted octanol–water partition coefficient (Wildman–Crippen LogP) is 3.68. The van der Waals surface area contributed by atoms with E-state index in [1.54, 1.807) is 0 Å². The number of nitriles is 1. The molecule has 0 aliphatic carbocycles. The largest absolute Gasteiger partial charge is 0.292 e. The second kappa shape index (κ2) is 5.81. The van der Waals surface area contributed by atoms with Crippen molar-refractivity contribution in [3.8, 4) is 6.07 Å². The predicted molar refractivity (Wildman–Crippen MR) is 66.6 cm³/mol. The molecule has 0 saturated heterocycles. The van der Waals surface area contributed by atoms with Gasteiger partial charge in [-0.25, -0.2) is 0 Å². The summed E-state index contributed by atoms with van der Waals surface area (Å²) in [4.78, 5) is 12.9. The van der Waals surface area contributed by atoms with Gasteiger partial charge >= 0.3 is 0 Å². The van der Waals surface area contributed by atoms with Crippen molar-refractivity contribution in [2.75, 3.05) is 0 Å². The van der Waals surface area contributed by atoms with E-state index >= 15 is 0 Å². The van der Waals surface area contributed by atoms with E-state index in [1.807, 2.05) is 32.2 Å². The van der Waals surface area contributed by atoms with Crippen LogP contribution in [0.3, 0.4) is 0 Å². The number of hydrogen-bond donors (Lipinski definition) is 0. The van der Waals surface area contributed by atoms with E-state index in [0.29, 0.717) is 12.3 Å². The number of hydrogen-bond acceptors (Lipinski definition) is 3. The molecule has 1 rings (SSSR count). The van der Waals surface area contributed by atoms with Gasteiger partial charge in [0, 0.05) is 0 Å². The molecule has 1 heterocycles. The molecule has 0 radical (unpaired) electrons. The van der Waals surface area contributed by atoms with E-state index in [1.165, 1.54) is 11.3 Å². The van der Waals surface area contributed by atoms with Crippen LogP contribution in [0.4, 0.5) is 0 Å². The van der Waals surface area contributed by atoms with E-state index in [9.17, 15) is 4.79 Å².